The second-order valence-electron chi connectivity index (χ2n) is 8.94. The predicted molar refractivity (Wildman–Crippen MR) is 117 cm³/mol. The van der Waals surface area contributed by atoms with Gasteiger partial charge in [0, 0.05) is 48.9 Å². The van der Waals surface area contributed by atoms with E-state index in [4.69, 9.17) is 5.73 Å². The monoisotopic (exact) mass is 396 g/mol. The van der Waals surface area contributed by atoms with Crippen LogP contribution in [0.3, 0.4) is 0 Å². The molecule has 1 amide bonds. The van der Waals surface area contributed by atoms with Gasteiger partial charge in [-0.2, -0.15) is 5.10 Å². The van der Waals surface area contributed by atoms with Crippen LogP contribution in [0.5, 0.6) is 0 Å². The molecule has 1 aromatic heterocycles. The van der Waals surface area contributed by atoms with E-state index in [1.54, 1.807) is 4.68 Å². The van der Waals surface area contributed by atoms with Crippen molar-refractivity contribution in [3.05, 3.63) is 47.3 Å². The minimum Gasteiger partial charge on any atom is -0.370 e. The Morgan fingerprint density at radius 1 is 1.31 bits per heavy atom. The van der Waals surface area contributed by atoms with Crippen molar-refractivity contribution in [3.63, 3.8) is 0 Å². The van der Waals surface area contributed by atoms with Crippen LogP contribution in [0.1, 0.15) is 49.9 Å². The van der Waals surface area contributed by atoms with Crippen molar-refractivity contribution in [1.82, 2.24) is 14.7 Å². The molecule has 2 aromatic rings. The minimum atomic E-state index is -0.278. The summed E-state index contributed by atoms with van der Waals surface area (Å²) in [4.78, 5) is 19.4. The van der Waals surface area contributed by atoms with Gasteiger partial charge in [0.15, 0.2) is 5.96 Å². The highest BCUT2D eigenvalue weighted by atomic mass is 16.2. The summed E-state index contributed by atoms with van der Waals surface area (Å²) in [6, 6.07) is 6.04. The number of aliphatic imine (C=N–C) groups is 1. The third-order valence-corrected chi connectivity index (χ3v) is 5.49. The van der Waals surface area contributed by atoms with Gasteiger partial charge < -0.3 is 16.0 Å². The van der Waals surface area contributed by atoms with E-state index >= 15 is 0 Å². The van der Waals surface area contributed by atoms with Crippen molar-refractivity contribution in [1.29, 1.82) is 0 Å². The van der Waals surface area contributed by atoms with Gasteiger partial charge in [0.05, 0.1) is 12.2 Å². The molecule has 7 heteroatoms. The molecule has 0 spiro atoms. The van der Waals surface area contributed by atoms with Gasteiger partial charge in [-0.1, -0.05) is 6.07 Å². The largest absolute Gasteiger partial charge is 0.370 e. The summed E-state index contributed by atoms with van der Waals surface area (Å²) in [6.07, 6.45) is 4.28. The van der Waals surface area contributed by atoms with Gasteiger partial charge in [-0.15, -0.1) is 0 Å². The molecule has 3 rings (SSSR count). The lowest BCUT2D eigenvalue weighted by atomic mass is 9.93. The number of nitrogens with two attached hydrogens (primary N) is 1. The van der Waals surface area contributed by atoms with E-state index in [0.717, 1.165) is 11.3 Å². The second kappa shape index (κ2) is 7.89. The average molecular weight is 397 g/mol. The number of aryl methyl sites for hydroxylation is 3. The van der Waals surface area contributed by atoms with Gasteiger partial charge in [0.2, 0.25) is 5.91 Å². The molecule has 0 unspecified atom stereocenters. The fourth-order valence-corrected chi connectivity index (χ4v) is 3.99. The molecule has 0 aliphatic carbocycles. The Bertz CT molecular complexity index is 924. The first-order valence-corrected chi connectivity index (χ1v) is 10.0. The summed E-state index contributed by atoms with van der Waals surface area (Å²) in [5.41, 5.74) is 10.2. The predicted octanol–water partition coefficient (Wildman–Crippen LogP) is 3.15. The molecule has 7 nitrogen and oxygen atoms in total. The first kappa shape index (κ1) is 20.9. The Kier molecular flexibility index (Phi) is 5.68. The zero-order valence-corrected chi connectivity index (χ0v) is 18.2. The van der Waals surface area contributed by atoms with Gasteiger partial charge in [-0.05, 0) is 57.9 Å². The third-order valence-electron chi connectivity index (χ3n) is 5.49. The highest BCUT2D eigenvalue weighted by Crippen LogP contribution is 2.42. The van der Waals surface area contributed by atoms with E-state index in [2.05, 4.69) is 62.2 Å². The van der Waals surface area contributed by atoms with E-state index in [1.165, 1.54) is 11.1 Å². The van der Waals surface area contributed by atoms with Crippen LogP contribution >= 0.6 is 0 Å². The first-order chi connectivity index (χ1) is 13.6. The zero-order chi connectivity index (χ0) is 21.3. The number of hydrogen-bond acceptors (Lipinski definition) is 3. The topological polar surface area (TPSA) is 88.5 Å². The number of nitrogens with zero attached hydrogens (tertiary/aromatic N) is 4. The van der Waals surface area contributed by atoms with E-state index in [0.29, 0.717) is 18.9 Å². The molecule has 0 saturated carbocycles. The molecule has 156 valence electrons. The average Bonchev–Trinajstić information content (AvgIpc) is 3.18. The molecule has 1 saturated heterocycles. The number of carbonyl (C=O) groups excluding carboxylic acids is 1. The highest BCUT2D eigenvalue weighted by Gasteiger charge is 2.45. The summed E-state index contributed by atoms with van der Waals surface area (Å²) >= 11 is 0. The summed E-state index contributed by atoms with van der Waals surface area (Å²) < 4.78 is 1.77. The number of amides is 1. The van der Waals surface area contributed by atoms with Gasteiger partial charge in [-0.25, -0.2) is 0 Å². The lowest BCUT2D eigenvalue weighted by Gasteiger charge is -2.38. The van der Waals surface area contributed by atoms with Crippen molar-refractivity contribution >= 4 is 17.6 Å². The van der Waals surface area contributed by atoms with Crippen LogP contribution in [0.25, 0.3) is 0 Å². The van der Waals surface area contributed by atoms with Crippen LogP contribution in [0.4, 0.5) is 5.69 Å². The van der Waals surface area contributed by atoms with Gasteiger partial charge in [-0.3, -0.25) is 14.5 Å². The zero-order valence-electron chi connectivity index (χ0n) is 18.2. The quantitative estimate of drug-likeness (QED) is 0.614. The van der Waals surface area contributed by atoms with Gasteiger partial charge >= 0.3 is 0 Å². The number of benzene rings is 1. The Labute approximate surface area is 173 Å². The number of anilines is 1. The second-order valence-corrected chi connectivity index (χ2v) is 8.94. The summed E-state index contributed by atoms with van der Waals surface area (Å²) in [5, 5.41) is 7.47. The molecule has 1 aliphatic rings. The Morgan fingerprint density at radius 3 is 2.62 bits per heavy atom. The molecule has 3 N–H and O–H groups in total. The van der Waals surface area contributed by atoms with Gasteiger partial charge in [0.25, 0.3) is 0 Å². The van der Waals surface area contributed by atoms with Gasteiger partial charge in [0.1, 0.15) is 0 Å². The molecular formula is C22H32N6O. The number of rotatable bonds is 4. The molecule has 1 aromatic carbocycles. The number of likely N-dealkylation sites (tertiary alicyclic amines) is 1. The molecule has 0 radical (unpaired) electrons. The summed E-state index contributed by atoms with van der Waals surface area (Å²) in [7, 11) is 1.89. The van der Waals surface area contributed by atoms with E-state index in [-0.39, 0.29) is 23.4 Å². The molecule has 2 heterocycles. The molecule has 2 atom stereocenters. The summed E-state index contributed by atoms with van der Waals surface area (Å²) in [6.45, 7) is 10.8. The maximum Gasteiger partial charge on any atom is 0.223 e. The van der Waals surface area contributed by atoms with E-state index < -0.39 is 0 Å². The molecule has 1 fully saturated rings. The molecule has 0 bridgehead atoms. The van der Waals surface area contributed by atoms with Crippen LogP contribution in [0, 0.1) is 19.8 Å². The van der Waals surface area contributed by atoms with Crippen LogP contribution in [-0.4, -0.2) is 38.6 Å². The van der Waals surface area contributed by atoms with E-state index in [1.807, 2.05) is 30.4 Å². The van der Waals surface area contributed by atoms with Crippen molar-refractivity contribution < 1.29 is 4.79 Å². The SMILES string of the molecule is Cc1ccc(NC(N)=NC[C@@H]2CC(=O)N(C(C)(C)C)[C@H]2c2cnn(C)c2)cc1C. The highest BCUT2D eigenvalue weighted by molar-refractivity contribution is 5.92. The maximum absolute atomic E-state index is 12.8. The van der Waals surface area contributed by atoms with Crippen molar-refractivity contribution in [3.8, 4) is 0 Å². The minimum absolute atomic E-state index is 0.0472. The van der Waals surface area contributed by atoms with Crippen LogP contribution in [-0.2, 0) is 11.8 Å². The smallest absolute Gasteiger partial charge is 0.223 e. The molecular weight excluding hydrogens is 364 g/mol. The normalized spacial score (nSPS) is 20.4. The van der Waals surface area contributed by atoms with Crippen LogP contribution in [0.2, 0.25) is 0 Å². The number of guanidine groups is 1. The fraction of sp³-hybridized carbons (Fsp3) is 0.500. The molecule has 1 aliphatic heterocycles. The Morgan fingerprint density at radius 2 is 2.03 bits per heavy atom. The van der Waals surface area contributed by atoms with Crippen molar-refractivity contribution in [2.75, 3.05) is 11.9 Å². The Balaban J connectivity index is 1.79. The maximum atomic E-state index is 12.8. The fourth-order valence-electron chi connectivity index (χ4n) is 3.99. The number of nitrogens with one attached hydrogen (secondary N) is 1. The number of carbonyl (C=O) groups is 1. The lowest BCUT2D eigenvalue weighted by molar-refractivity contribution is -0.133. The van der Waals surface area contributed by atoms with E-state index in [9.17, 15) is 4.79 Å². The molecule has 29 heavy (non-hydrogen) atoms. The number of hydrogen-bond donors (Lipinski definition) is 2. The lowest BCUT2D eigenvalue weighted by Crippen LogP contribution is -2.44. The van der Waals surface area contributed by atoms with Crippen LogP contribution < -0.4 is 11.1 Å². The third kappa shape index (κ3) is 4.60. The number of aromatic nitrogens is 2. The Hall–Kier alpha value is -2.83. The van der Waals surface area contributed by atoms with Crippen molar-refractivity contribution in [2.24, 2.45) is 23.7 Å². The standard InChI is InChI=1S/C22H32N6O/c1-14-7-8-18(9-15(14)2)26-21(23)24-11-16-10-19(29)28(22(3,4)5)20(16)17-12-25-27(6)13-17/h7-9,12-13,16,20H,10-11H2,1-6H3,(H3,23,24,26)/t16-,20+/m0/s1. The van der Waals surface area contributed by atoms with Crippen LogP contribution in [0.15, 0.2) is 35.6 Å². The van der Waals surface area contributed by atoms with Crippen molar-refractivity contribution in [2.45, 2.75) is 52.6 Å². The summed E-state index contributed by atoms with van der Waals surface area (Å²) in [5.74, 6) is 0.554. The first-order valence-electron chi connectivity index (χ1n) is 10.0.